The second-order valence-corrected chi connectivity index (χ2v) is 3.99. The zero-order valence-electron chi connectivity index (χ0n) is 8.67. The predicted molar refractivity (Wildman–Crippen MR) is 52.7 cm³/mol. The minimum absolute atomic E-state index is 0.133. The van der Waals surface area contributed by atoms with E-state index in [0.29, 0.717) is 0 Å². The molecular formula is C8H15O6P. The van der Waals surface area contributed by atoms with Gasteiger partial charge in [0.2, 0.25) is 5.79 Å². The molecule has 0 amide bonds. The minimum Gasteiger partial charge on any atom is -0.429 e. The molecule has 0 rings (SSSR count). The van der Waals surface area contributed by atoms with Crippen molar-refractivity contribution in [2.45, 2.75) is 32.5 Å². The Bertz CT molecular complexity index is 277. The molecule has 0 aliphatic heterocycles. The van der Waals surface area contributed by atoms with Gasteiger partial charge in [-0.15, -0.1) is 0 Å². The number of phosphoric ester groups is 1. The summed E-state index contributed by atoms with van der Waals surface area (Å²) >= 11 is 0. The summed E-state index contributed by atoms with van der Waals surface area (Å²) in [5.41, 5.74) is 0. The van der Waals surface area contributed by atoms with Crippen LogP contribution in [-0.2, 0) is 18.6 Å². The van der Waals surface area contributed by atoms with Gasteiger partial charge in [0.15, 0.2) is 0 Å². The highest BCUT2D eigenvalue weighted by atomic mass is 31.2. The first-order valence-corrected chi connectivity index (χ1v) is 5.93. The Morgan fingerprint density at radius 3 is 2.20 bits per heavy atom. The summed E-state index contributed by atoms with van der Waals surface area (Å²) in [7, 11) is -4.70. The van der Waals surface area contributed by atoms with Gasteiger partial charge in [0.25, 0.3) is 0 Å². The van der Waals surface area contributed by atoms with Crippen molar-refractivity contribution in [3.63, 3.8) is 0 Å². The minimum atomic E-state index is -4.70. The van der Waals surface area contributed by atoms with Crippen LogP contribution in [0.15, 0.2) is 12.7 Å². The molecule has 0 unspecified atom stereocenters. The molecule has 88 valence electrons. The normalized spacial score (nSPS) is 12.3. The number of hydrogen-bond donors (Lipinski definition) is 2. The smallest absolute Gasteiger partial charge is 0.429 e. The number of carbonyl (C=O) groups excluding carboxylic acids is 1. The number of esters is 1. The lowest BCUT2D eigenvalue weighted by Crippen LogP contribution is -2.35. The van der Waals surface area contributed by atoms with Gasteiger partial charge in [0, 0.05) is 18.9 Å². The van der Waals surface area contributed by atoms with E-state index in [1.165, 1.54) is 0 Å². The van der Waals surface area contributed by atoms with E-state index >= 15 is 0 Å². The quantitative estimate of drug-likeness (QED) is 0.314. The first kappa shape index (κ1) is 14.3. The van der Waals surface area contributed by atoms with Crippen molar-refractivity contribution in [3.05, 3.63) is 12.7 Å². The SMILES string of the molecule is C=CC(=O)OC(CC)(CC)OP(=O)(O)O. The lowest BCUT2D eigenvalue weighted by Gasteiger charge is -2.30. The third-order valence-electron chi connectivity index (χ3n) is 1.82. The van der Waals surface area contributed by atoms with E-state index in [1.807, 2.05) is 0 Å². The molecule has 7 heteroatoms. The van der Waals surface area contributed by atoms with Gasteiger partial charge in [0.05, 0.1) is 0 Å². The molecule has 6 nitrogen and oxygen atoms in total. The van der Waals surface area contributed by atoms with Crippen LogP contribution in [0, 0.1) is 0 Å². The largest absolute Gasteiger partial charge is 0.472 e. The average molecular weight is 238 g/mol. The van der Waals surface area contributed by atoms with Crippen LogP contribution >= 0.6 is 7.82 Å². The predicted octanol–water partition coefficient (Wildman–Crippen LogP) is 1.34. The molecule has 0 atom stereocenters. The van der Waals surface area contributed by atoms with Gasteiger partial charge in [-0.25, -0.2) is 13.9 Å². The number of phosphoric acid groups is 1. The molecule has 15 heavy (non-hydrogen) atoms. The number of carbonyl (C=O) groups is 1. The molecule has 0 heterocycles. The third kappa shape index (κ3) is 5.09. The monoisotopic (exact) mass is 238 g/mol. The Kier molecular flexibility index (Phi) is 5.17. The Hall–Kier alpha value is -0.680. The molecule has 0 saturated carbocycles. The van der Waals surface area contributed by atoms with E-state index in [-0.39, 0.29) is 12.8 Å². The van der Waals surface area contributed by atoms with Crippen LogP contribution in [0.1, 0.15) is 26.7 Å². The molecule has 0 aromatic carbocycles. The fraction of sp³-hybridized carbons (Fsp3) is 0.625. The van der Waals surface area contributed by atoms with Crippen molar-refractivity contribution in [1.29, 1.82) is 0 Å². The molecule has 0 aliphatic carbocycles. The Balaban J connectivity index is 4.80. The second kappa shape index (κ2) is 5.42. The Morgan fingerprint density at radius 2 is 1.93 bits per heavy atom. The molecule has 2 N–H and O–H groups in total. The first-order chi connectivity index (χ1) is 6.78. The molecule has 0 radical (unpaired) electrons. The standard InChI is InChI=1S/C8H15O6P/c1-4-7(9)13-8(5-2,6-3)14-15(10,11)12/h4H,1,5-6H2,2-3H3,(H2,10,11,12). The topological polar surface area (TPSA) is 93.1 Å². The molecule has 0 bridgehead atoms. The van der Waals surface area contributed by atoms with Crippen molar-refractivity contribution in [1.82, 2.24) is 0 Å². The van der Waals surface area contributed by atoms with Crippen LogP contribution < -0.4 is 0 Å². The second-order valence-electron chi connectivity index (χ2n) is 2.82. The molecule has 0 saturated heterocycles. The summed E-state index contributed by atoms with van der Waals surface area (Å²) < 4.78 is 20.0. The highest BCUT2D eigenvalue weighted by Crippen LogP contribution is 2.44. The van der Waals surface area contributed by atoms with Gasteiger partial charge in [0.1, 0.15) is 0 Å². The van der Waals surface area contributed by atoms with E-state index in [0.717, 1.165) is 6.08 Å². The maximum absolute atomic E-state index is 11.0. The van der Waals surface area contributed by atoms with Crippen LogP contribution in [0.3, 0.4) is 0 Å². The summed E-state index contributed by atoms with van der Waals surface area (Å²) in [6, 6.07) is 0. The van der Waals surface area contributed by atoms with Gasteiger partial charge in [-0.1, -0.05) is 20.4 Å². The fourth-order valence-corrected chi connectivity index (χ4v) is 1.71. The summed E-state index contributed by atoms with van der Waals surface area (Å²) in [5.74, 6) is -2.38. The summed E-state index contributed by atoms with van der Waals surface area (Å²) in [5, 5.41) is 0. The van der Waals surface area contributed by atoms with Crippen molar-refractivity contribution >= 4 is 13.8 Å². The first-order valence-electron chi connectivity index (χ1n) is 4.40. The number of hydrogen-bond acceptors (Lipinski definition) is 4. The van der Waals surface area contributed by atoms with Crippen molar-refractivity contribution in [2.24, 2.45) is 0 Å². The van der Waals surface area contributed by atoms with Gasteiger partial charge in [-0.3, -0.25) is 0 Å². The zero-order chi connectivity index (χ0) is 12.1. The van der Waals surface area contributed by atoms with Crippen molar-refractivity contribution in [2.75, 3.05) is 0 Å². The van der Waals surface area contributed by atoms with Crippen LogP contribution in [0.4, 0.5) is 0 Å². The molecular weight excluding hydrogens is 223 g/mol. The zero-order valence-corrected chi connectivity index (χ0v) is 9.57. The number of rotatable bonds is 6. The van der Waals surface area contributed by atoms with E-state index < -0.39 is 19.6 Å². The van der Waals surface area contributed by atoms with E-state index in [9.17, 15) is 9.36 Å². The van der Waals surface area contributed by atoms with Gasteiger partial charge >= 0.3 is 13.8 Å². The van der Waals surface area contributed by atoms with Crippen LogP contribution in [-0.4, -0.2) is 21.5 Å². The van der Waals surface area contributed by atoms with Crippen LogP contribution in [0.25, 0.3) is 0 Å². The molecule has 0 fully saturated rings. The molecule has 0 aromatic rings. The summed E-state index contributed by atoms with van der Waals surface area (Å²) in [4.78, 5) is 28.3. The van der Waals surface area contributed by atoms with Gasteiger partial charge in [-0.2, -0.15) is 0 Å². The van der Waals surface area contributed by atoms with E-state index in [2.05, 4.69) is 11.1 Å². The summed E-state index contributed by atoms with van der Waals surface area (Å²) in [6.07, 6.45) is 1.17. The van der Waals surface area contributed by atoms with Crippen LogP contribution in [0.5, 0.6) is 0 Å². The highest BCUT2D eigenvalue weighted by molar-refractivity contribution is 7.46. The maximum atomic E-state index is 11.0. The molecule has 0 aromatic heterocycles. The van der Waals surface area contributed by atoms with Crippen molar-refractivity contribution < 1.29 is 28.4 Å². The maximum Gasteiger partial charge on any atom is 0.472 e. The molecule has 0 aliphatic rings. The van der Waals surface area contributed by atoms with Crippen molar-refractivity contribution in [3.8, 4) is 0 Å². The molecule has 0 spiro atoms. The van der Waals surface area contributed by atoms with E-state index in [1.54, 1.807) is 13.8 Å². The number of ether oxygens (including phenoxy) is 1. The van der Waals surface area contributed by atoms with Gasteiger partial charge < -0.3 is 14.5 Å². The average Bonchev–Trinajstić information content (AvgIpc) is 2.14. The fourth-order valence-electron chi connectivity index (χ4n) is 0.984. The highest BCUT2D eigenvalue weighted by Gasteiger charge is 2.38. The lowest BCUT2D eigenvalue weighted by atomic mass is 10.1. The summed E-state index contributed by atoms with van der Waals surface area (Å²) in [6.45, 7) is 6.37. The Morgan fingerprint density at radius 1 is 1.47 bits per heavy atom. The van der Waals surface area contributed by atoms with E-state index in [4.69, 9.17) is 14.5 Å². The van der Waals surface area contributed by atoms with Gasteiger partial charge in [-0.05, 0) is 0 Å². The Labute approximate surface area is 88.1 Å². The lowest BCUT2D eigenvalue weighted by molar-refractivity contribution is -0.199. The van der Waals surface area contributed by atoms with Crippen LogP contribution in [0.2, 0.25) is 0 Å². The third-order valence-corrected chi connectivity index (χ3v) is 2.39.